The topological polar surface area (TPSA) is 42.3 Å². The monoisotopic (exact) mass is 456 g/mol. The molecular weight excluding hydrogens is 429 g/mol. The number of carbonyl (C=O) groups is 2. The van der Waals surface area contributed by atoms with Gasteiger partial charge >= 0.3 is 6.18 Å². The number of hydrogen-bond acceptors (Lipinski definition) is 2. The summed E-state index contributed by atoms with van der Waals surface area (Å²) in [7, 11) is 1.74. The van der Waals surface area contributed by atoms with E-state index >= 15 is 0 Å². The van der Waals surface area contributed by atoms with E-state index in [4.69, 9.17) is 0 Å². The lowest BCUT2D eigenvalue weighted by atomic mass is 10.0. The average Bonchev–Trinajstić information content (AvgIpc) is 3.10. The van der Waals surface area contributed by atoms with Crippen LogP contribution in [0.25, 0.3) is 11.3 Å². The molecule has 174 valence electrons. The number of ketones is 1. The van der Waals surface area contributed by atoms with Crippen molar-refractivity contribution in [2.45, 2.75) is 39.4 Å². The van der Waals surface area contributed by atoms with E-state index in [2.05, 4.69) is 0 Å². The maximum Gasteiger partial charge on any atom is 0.416 e. The Labute approximate surface area is 191 Å². The van der Waals surface area contributed by atoms with E-state index in [0.717, 1.165) is 29.1 Å². The van der Waals surface area contributed by atoms with Crippen LogP contribution in [0.2, 0.25) is 0 Å². The summed E-state index contributed by atoms with van der Waals surface area (Å²) >= 11 is 0. The van der Waals surface area contributed by atoms with E-state index in [1.54, 1.807) is 11.9 Å². The van der Waals surface area contributed by atoms with Crippen LogP contribution >= 0.6 is 0 Å². The van der Waals surface area contributed by atoms with Crippen LogP contribution in [0.15, 0.2) is 60.7 Å². The highest BCUT2D eigenvalue weighted by Crippen LogP contribution is 2.31. The lowest BCUT2D eigenvalue weighted by molar-refractivity contribution is -0.137. The van der Waals surface area contributed by atoms with Gasteiger partial charge in [-0.3, -0.25) is 9.59 Å². The van der Waals surface area contributed by atoms with Gasteiger partial charge in [-0.15, -0.1) is 0 Å². The Kier molecular flexibility index (Phi) is 7.41. The van der Waals surface area contributed by atoms with E-state index in [0.29, 0.717) is 30.6 Å². The number of alkyl halides is 3. The molecular formula is C26H27F3N2O2. The van der Waals surface area contributed by atoms with Crippen LogP contribution in [-0.4, -0.2) is 34.7 Å². The maximum absolute atomic E-state index is 13.1. The second-order valence-electron chi connectivity index (χ2n) is 8.14. The first-order valence-electron chi connectivity index (χ1n) is 10.7. The largest absolute Gasteiger partial charge is 0.416 e. The number of benzene rings is 2. The lowest BCUT2D eigenvalue weighted by Gasteiger charge is -2.17. The number of amides is 1. The maximum atomic E-state index is 13.1. The average molecular weight is 457 g/mol. The number of Topliss-reactive ketones (excluding diaryl/α,β-unsaturated/α-hetero) is 1. The highest BCUT2D eigenvalue weighted by molar-refractivity contribution is 6.00. The Hall–Kier alpha value is -3.35. The highest BCUT2D eigenvalue weighted by Gasteiger charge is 2.30. The second kappa shape index (κ2) is 10.1. The number of carbonyl (C=O) groups excluding carboxylic acids is 2. The number of aromatic nitrogens is 1. The van der Waals surface area contributed by atoms with Crippen LogP contribution in [0.5, 0.6) is 0 Å². The van der Waals surface area contributed by atoms with Crippen LogP contribution in [-0.2, 0) is 23.9 Å². The van der Waals surface area contributed by atoms with Gasteiger partial charge in [-0.2, -0.15) is 13.2 Å². The highest BCUT2D eigenvalue weighted by atomic mass is 19.4. The summed E-state index contributed by atoms with van der Waals surface area (Å²) in [6.45, 7) is 4.54. The molecule has 7 heteroatoms. The Morgan fingerprint density at radius 3 is 2.33 bits per heavy atom. The van der Waals surface area contributed by atoms with Gasteiger partial charge in [0.1, 0.15) is 0 Å². The molecule has 0 saturated carbocycles. The fourth-order valence-electron chi connectivity index (χ4n) is 3.83. The predicted molar refractivity (Wildman–Crippen MR) is 122 cm³/mol. The molecule has 1 heterocycles. The molecule has 1 aromatic heterocycles. The van der Waals surface area contributed by atoms with E-state index in [1.807, 2.05) is 47.9 Å². The van der Waals surface area contributed by atoms with Crippen molar-refractivity contribution < 1.29 is 22.8 Å². The minimum absolute atomic E-state index is 0.0144. The molecule has 4 nitrogen and oxygen atoms in total. The van der Waals surface area contributed by atoms with Crippen LogP contribution in [0.3, 0.4) is 0 Å². The van der Waals surface area contributed by atoms with Gasteiger partial charge in [-0.1, -0.05) is 48.5 Å². The fourth-order valence-corrected chi connectivity index (χ4v) is 3.83. The molecule has 0 unspecified atom stereocenters. The van der Waals surface area contributed by atoms with E-state index in [1.165, 1.54) is 19.1 Å². The molecule has 3 aromatic rings. The van der Waals surface area contributed by atoms with Crippen LogP contribution in [0.1, 0.15) is 40.5 Å². The molecule has 0 aliphatic heterocycles. The van der Waals surface area contributed by atoms with Crippen molar-refractivity contribution in [3.63, 3.8) is 0 Å². The van der Waals surface area contributed by atoms with Crippen molar-refractivity contribution in [2.75, 3.05) is 13.6 Å². The van der Waals surface area contributed by atoms with Crippen molar-refractivity contribution in [1.29, 1.82) is 0 Å². The van der Waals surface area contributed by atoms with Gasteiger partial charge in [0, 0.05) is 50.4 Å². The van der Waals surface area contributed by atoms with E-state index < -0.39 is 11.7 Å². The number of halogens is 3. The van der Waals surface area contributed by atoms with E-state index in [-0.39, 0.29) is 18.1 Å². The summed E-state index contributed by atoms with van der Waals surface area (Å²) in [5.74, 6) is -0.247. The molecule has 3 rings (SSSR count). The molecule has 2 aromatic carbocycles. The van der Waals surface area contributed by atoms with Gasteiger partial charge in [0.05, 0.1) is 5.56 Å². The summed E-state index contributed by atoms with van der Waals surface area (Å²) in [6.07, 6.45) is -3.87. The zero-order valence-corrected chi connectivity index (χ0v) is 18.9. The first kappa shape index (κ1) is 24.3. The van der Waals surface area contributed by atoms with Gasteiger partial charge < -0.3 is 9.47 Å². The zero-order chi connectivity index (χ0) is 24.2. The first-order valence-corrected chi connectivity index (χ1v) is 10.7. The van der Waals surface area contributed by atoms with Crippen LogP contribution < -0.4 is 0 Å². The quantitative estimate of drug-likeness (QED) is 0.404. The molecule has 1 amide bonds. The van der Waals surface area contributed by atoms with Crippen LogP contribution in [0.4, 0.5) is 13.2 Å². The molecule has 0 fully saturated rings. The fraction of sp³-hybridized carbons (Fsp3) is 0.308. The molecule has 0 radical (unpaired) electrons. The molecule has 33 heavy (non-hydrogen) atoms. The Morgan fingerprint density at radius 2 is 1.70 bits per heavy atom. The summed E-state index contributed by atoms with van der Waals surface area (Å²) < 4.78 is 41.2. The normalized spacial score (nSPS) is 11.5. The van der Waals surface area contributed by atoms with Gasteiger partial charge in [0.25, 0.3) is 0 Å². The molecule has 0 bridgehead atoms. The molecule has 0 N–H and O–H groups in total. The van der Waals surface area contributed by atoms with Gasteiger partial charge in [-0.05, 0) is 36.6 Å². The smallest absolute Gasteiger partial charge is 0.346 e. The number of nitrogens with zero attached hydrogens (tertiary/aromatic N) is 2. The minimum Gasteiger partial charge on any atom is -0.346 e. The predicted octanol–water partition coefficient (Wildman–Crippen LogP) is 5.78. The summed E-state index contributed by atoms with van der Waals surface area (Å²) in [5.41, 5.74) is 2.63. The van der Waals surface area contributed by atoms with Gasteiger partial charge in [-0.25, -0.2) is 0 Å². The summed E-state index contributed by atoms with van der Waals surface area (Å²) in [6, 6.07) is 16.3. The Morgan fingerprint density at radius 1 is 1.00 bits per heavy atom. The summed E-state index contributed by atoms with van der Waals surface area (Å²) in [4.78, 5) is 26.3. The SMILES string of the molecule is CC(=O)N(C)CCCn1c(-c2ccccc2)cc(C(=O)Cc2cccc(C(F)(F)F)c2)c1C. The number of hydrogen-bond donors (Lipinski definition) is 0. The Bertz CT molecular complexity index is 1130. The van der Waals surface area contributed by atoms with E-state index in [9.17, 15) is 22.8 Å². The van der Waals surface area contributed by atoms with Crippen molar-refractivity contribution >= 4 is 11.7 Å². The van der Waals surface area contributed by atoms with Crippen molar-refractivity contribution in [2.24, 2.45) is 0 Å². The standard InChI is InChI=1S/C26H27F3N2O2/c1-18-23(25(33)16-20-9-7-12-22(15-20)26(27,28)29)17-24(21-10-5-4-6-11-21)31(18)14-8-13-30(3)19(2)32/h4-7,9-12,15,17H,8,13-14,16H2,1-3H3. The zero-order valence-electron chi connectivity index (χ0n) is 18.9. The molecule has 0 saturated heterocycles. The second-order valence-corrected chi connectivity index (χ2v) is 8.14. The third kappa shape index (κ3) is 5.92. The third-order valence-electron chi connectivity index (χ3n) is 5.77. The van der Waals surface area contributed by atoms with Crippen molar-refractivity contribution in [3.8, 4) is 11.3 Å². The van der Waals surface area contributed by atoms with Crippen molar-refractivity contribution in [3.05, 3.63) is 83.0 Å². The van der Waals surface area contributed by atoms with Gasteiger partial charge in [0.2, 0.25) is 5.91 Å². The molecule has 0 aliphatic carbocycles. The third-order valence-corrected chi connectivity index (χ3v) is 5.77. The van der Waals surface area contributed by atoms with Gasteiger partial charge in [0.15, 0.2) is 5.78 Å². The minimum atomic E-state index is -4.45. The Balaban J connectivity index is 1.90. The lowest BCUT2D eigenvalue weighted by Crippen LogP contribution is -2.25. The molecule has 0 atom stereocenters. The number of rotatable bonds is 8. The molecule has 0 spiro atoms. The summed E-state index contributed by atoms with van der Waals surface area (Å²) in [5, 5.41) is 0. The van der Waals surface area contributed by atoms with Crippen LogP contribution in [0, 0.1) is 6.92 Å². The van der Waals surface area contributed by atoms with Crippen molar-refractivity contribution in [1.82, 2.24) is 9.47 Å². The molecule has 0 aliphatic rings. The first-order chi connectivity index (χ1) is 15.6.